The zero-order chi connectivity index (χ0) is 23.4. The summed E-state index contributed by atoms with van der Waals surface area (Å²) in [5.41, 5.74) is 3.57. The molecule has 3 heterocycles. The van der Waals surface area contributed by atoms with Gasteiger partial charge in [0.25, 0.3) is 5.91 Å². The Bertz CT molecular complexity index is 1100. The van der Waals surface area contributed by atoms with Crippen molar-refractivity contribution in [3.63, 3.8) is 0 Å². The molecule has 1 aliphatic heterocycles. The van der Waals surface area contributed by atoms with Gasteiger partial charge in [-0.3, -0.25) is 9.48 Å². The highest BCUT2D eigenvalue weighted by atomic mass is 32.1. The van der Waals surface area contributed by atoms with E-state index in [1.165, 1.54) is 0 Å². The SMILES string of the molecule is CC(CO)C(S)NC(=O)c1cc(-c2ccc(N3CCOCC3)cc2)nc(-c2cnn(C)c2)n1. The fourth-order valence-corrected chi connectivity index (χ4v) is 3.70. The molecule has 10 heteroatoms. The van der Waals surface area contributed by atoms with Crippen LogP contribution in [0.3, 0.4) is 0 Å². The molecule has 33 heavy (non-hydrogen) atoms. The minimum atomic E-state index is -0.504. The van der Waals surface area contributed by atoms with Crippen molar-refractivity contribution in [3.8, 4) is 22.6 Å². The number of aliphatic hydroxyl groups excluding tert-OH is 1. The zero-order valence-electron chi connectivity index (χ0n) is 18.7. The Morgan fingerprint density at radius 2 is 1.94 bits per heavy atom. The summed E-state index contributed by atoms with van der Waals surface area (Å²) in [5, 5.41) is 15.8. The number of morpholine rings is 1. The molecule has 1 aromatic carbocycles. The highest BCUT2D eigenvalue weighted by Crippen LogP contribution is 2.25. The van der Waals surface area contributed by atoms with Gasteiger partial charge in [-0.05, 0) is 18.2 Å². The number of anilines is 1. The number of ether oxygens (including phenoxy) is 1. The van der Waals surface area contributed by atoms with Crippen molar-refractivity contribution >= 4 is 24.2 Å². The van der Waals surface area contributed by atoms with Crippen LogP contribution < -0.4 is 10.2 Å². The minimum absolute atomic E-state index is 0.0834. The summed E-state index contributed by atoms with van der Waals surface area (Å²) in [6.45, 7) is 4.89. The van der Waals surface area contributed by atoms with E-state index in [4.69, 9.17) is 9.72 Å². The molecule has 2 unspecified atom stereocenters. The summed E-state index contributed by atoms with van der Waals surface area (Å²) in [5.74, 6) is -0.174. The fourth-order valence-electron chi connectivity index (χ4n) is 3.49. The molecule has 2 N–H and O–H groups in total. The van der Waals surface area contributed by atoms with Gasteiger partial charge in [0, 0.05) is 50.1 Å². The van der Waals surface area contributed by atoms with Crippen molar-refractivity contribution in [3.05, 3.63) is 48.4 Å². The third kappa shape index (κ3) is 5.52. The maximum absolute atomic E-state index is 12.9. The average Bonchev–Trinajstić information content (AvgIpc) is 3.30. The first-order valence-electron chi connectivity index (χ1n) is 10.9. The number of aliphatic hydroxyl groups is 1. The van der Waals surface area contributed by atoms with E-state index < -0.39 is 5.37 Å². The van der Waals surface area contributed by atoms with Gasteiger partial charge < -0.3 is 20.1 Å². The van der Waals surface area contributed by atoms with Crippen LogP contribution in [0.2, 0.25) is 0 Å². The molecule has 0 bridgehead atoms. The second kappa shape index (κ2) is 10.3. The predicted octanol–water partition coefficient (Wildman–Crippen LogP) is 1.99. The van der Waals surface area contributed by atoms with E-state index in [0.717, 1.165) is 37.6 Å². The molecule has 0 saturated carbocycles. The standard InChI is InChI=1S/C23H28N6O3S/c1-15(14-30)23(33)27-22(31)20-11-19(25-21(26-20)17-12-24-28(2)13-17)16-3-5-18(6-4-16)29-7-9-32-10-8-29/h3-6,11-13,15,23,30,33H,7-10,14H2,1-2H3,(H,27,31). The lowest BCUT2D eigenvalue weighted by Gasteiger charge is -2.28. The molecule has 1 fully saturated rings. The van der Waals surface area contributed by atoms with E-state index in [2.05, 4.69) is 45.1 Å². The van der Waals surface area contributed by atoms with Crippen LogP contribution in [-0.4, -0.2) is 69.0 Å². The Balaban J connectivity index is 1.66. The van der Waals surface area contributed by atoms with E-state index in [1.807, 2.05) is 19.2 Å². The molecule has 4 rings (SSSR count). The molecule has 0 aliphatic carbocycles. The molecule has 2 atom stereocenters. The normalized spacial score (nSPS) is 15.8. The van der Waals surface area contributed by atoms with E-state index >= 15 is 0 Å². The first-order valence-corrected chi connectivity index (χ1v) is 11.4. The second-order valence-electron chi connectivity index (χ2n) is 8.09. The monoisotopic (exact) mass is 468 g/mol. The van der Waals surface area contributed by atoms with Crippen LogP contribution in [0.25, 0.3) is 22.6 Å². The summed E-state index contributed by atoms with van der Waals surface area (Å²) < 4.78 is 7.10. The van der Waals surface area contributed by atoms with Gasteiger partial charge in [-0.2, -0.15) is 17.7 Å². The molecule has 2 aromatic heterocycles. The molecule has 0 spiro atoms. The van der Waals surface area contributed by atoms with Crippen molar-refractivity contribution in [2.45, 2.75) is 12.3 Å². The van der Waals surface area contributed by atoms with Gasteiger partial charge in [0.15, 0.2) is 5.82 Å². The summed E-state index contributed by atoms with van der Waals surface area (Å²) >= 11 is 4.39. The van der Waals surface area contributed by atoms with Gasteiger partial charge in [0.05, 0.1) is 36.0 Å². The van der Waals surface area contributed by atoms with Gasteiger partial charge in [-0.15, -0.1) is 0 Å². The summed E-state index contributed by atoms with van der Waals surface area (Å²) in [4.78, 5) is 24.4. The number of nitrogens with zero attached hydrogens (tertiary/aromatic N) is 5. The predicted molar refractivity (Wildman–Crippen MR) is 129 cm³/mol. The number of aryl methyl sites for hydroxylation is 1. The summed E-state index contributed by atoms with van der Waals surface area (Å²) in [7, 11) is 1.81. The first kappa shape index (κ1) is 23.2. The molecular weight excluding hydrogens is 440 g/mol. The fraction of sp³-hybridized carbons (Fsp3) is 0.391. The van der Waals surface area contributed by atoms with Crippen molar-refractivity contribution in [2.75, 3.05) is 37.8 Å². The van der Waals surface area contributed by atoms with E-state index in [-0.39, 0.29) is 24.1 Å². The number of hydrogen-bond acceptors (Lipinski definition) is 8. The Morgan fingerprint density at radius 3 is 2.58 bits per heavy atom. The van der Waals surface area contributed by atoms with Crippen LogP contribution in [0.15, 0.2) is 42.7 Å². The zero-order valence-corrected chi connectivity index (χ0v) is 19.6. The average molecular weight is 469 g/mol. The topological polar surface area (TPSA) is 105 Å². The van der Waals surface area contributed by atoms with Crippen LogP contribution in [0.1, 0.15) is 17.4 Å². The lowest BCUT2D eigenvalue weighted by molar-refractivity contribution is 0.0930. The number of benzene rings is 1. The van der Waals surface area contributed by atoms with Crippen LogP contribution in [0.4, 0.5) is 5.69 Å². The first-order chi connectivity index (χ1) is 15.9. The number of rotatable bonds is 7. The maximum Gasteiger partial charge on any atom is 0.270 e. The molecule has 1 amide bonds. The molecule has 1 saturated heterocycles. The van der Waals surface area contributed by atoms with E-state index in [1.54, 1.807) is 30.1 Å². The van der Waals surface area contributed by atoms with Crippen LogP contribution in [0, 0.1) is 5.92 Å². The number of carbonyl (C=O) groups excluding carboxylic acids is 1. The number of carbonyl (C=O) groups is 1. The second-order valence-corrected chi connectivity index (χ2v) is 8.65. The Labute approximate surface area is 198 Å². The van der Waals surface area contributed by atoms with Crippen molar-refractivity contribution in [1.82, 2.24) is 25.1 Å². The number of thiol groups is 1. The smallest absolute Gasteiger partial charge is 0.270 e. The third-order valence-electron chi connectivity index (χ3n) is 5.57. The molecule has 174 valence electrons. The van der Waals surface area contributed by atoms with Gasteiger partial charge in [-0.1, -0.05) is 19.1 Å². The molecule has 0 radical (unpaired) electrons. The highest BCUT2D eigenvalue weighted by Gasteiger charge is 2.20. The lowest BCUT2D eigenvalue weighted by atomic mass is 10.1. The number of nitrogens with one attached hydrogen (secondary N) is 1. The van der Waals surface area contributed by atoms with Gasteiger partial charge in [-0.25, -0.2) is 9.97 Å². The molecule has 3 aromatic rings. The Morgan fingerprint density at radius 1 is 1.21 bits per heavy atom. The lowest BCUT2D eigenvalue weighted by Crippen LogP contribution is -2.37. The number of hydrogen-bond donors (Lipinski definition) is 3. The Hall–Kier alpha value is -2.95. The van der Waals surface area contributed by atoms with Crippen molar-refractivity contribution < 1.29 is 14.6 Å². The van der Waals surface area contributed by atoms with Crippen LogP contribution >= 0.6 is 12.6 Å². The molecule has 9 nitrogen and oxygen atoms in total. The van der Waals surface area contributed by atoms with Crippen LogP contribution in [0.5, 0.6) is 0 Å². The van der Waals surface area contributed by atoms with Crippen LogP contribution in [-0.2, 0) is 11.8 Å². The maximum atomic E-state index is 12.9. The summed E-state index contributed by atoms with van der Waals surface area (Å²) in [6, 6.07) is 9.77. The van der Waals surface area contributed by atoms with Crippen molar-refractivity contribution in [1.29, 1.82) is 0 Å². The summed E-state index contributed by atoms with van der Waals surface area (Å²) in [6.07, 6.45) is 3.47. The van der Waals surface area contributed by atoms with Gasteiger partial charge in [0.2, 0.25) is 0 Å². The third-order valence-corrected chi connectivity index (χ3v) is 6.21. The highest BCUT2D eigenvalue weighted by molar-refractivity contribution is 7.80. The van der Waals surface area contributed by atoms with Crippen molar-refractivity contribution in [2.24, 2.45) is 13.0 Å². The quantitative estimate of drug-likeness (QED) is 0.360. The Kier molecular flexibility index (Phi) is 7.26. The van der Waals surface area contributed by atoms with Gasteiger partial charge >= 0.3 is 0 Å². The van der Waals surface area contributed by atoms with Gasteiger partial charge in [0.1, 0.15) is 5.69 Å². The number of amides is 1. The molecule has 1 aliphatic rings. The molecular formula is C23H28N6O3S. The van der Waals surface area contributed by atoms with E-state index in [9.17, 15) is 9.90 Å². The van der Waals surface area contributed by atoms with E-state index in [0.29, 0.717) is 17.1 Å². The minimum Gasteiger partial charge on any atom is -0.396 e. The largest absolute Gasteiger partial charge is 0.396 e. The number of aromatic nitrogens is 4.